The smallest absolute Gasteiger partial charge is 0.209 e. The third-order valence-electron chi connectivity index (χ3n) is 3.38. The van der Waals surface area contributed by atoms with Crippen LogP contribution in [0.3, 0.4) is 0 Å². The van der Waals surface area contributed by atoms with Crippen molar-refractivity contribution >= 4 is 40.1 Å². The van der Waals surface area contributed by atoms with E-state index in [1.165, 1.54) is 12.8 Å². The zero-order chi connectivity index (χ0) is 15.8. The number of benzene rings is 1. The van der Waals surface area contributed by atoms with Gasteiger partial charge in [0.25, 0.3) is 0 Å². The first-order valence-electron chi connectivity index (χ1n) is 7.51. The molecule has 1 heterocycles. The predicted octanol–water partition coefficient (Wildman–Crippen LogP) is 3.39. The maximum atomic E-state index is 7.72. The molecule has 1 aromatic carbocycles. The molecule has 0 saturated carbocycles. The number of hydrogen-bond donors (Lipinski definition) is 4. The number of methoxy groups -OCH3 is 1. The minimum absolute atomic E-state index is 0. The van der Waals surface area contributed by atoms with Crippen molar-refractivity contribution in [2.24, 2.45) is 5.10 Å². The fraction of sp³-hybridized carbons (Fsp3) is 0.375. The van der Waals surface area contributed by atoms with Gasteiger partial charge in [0.15, 0.2) is 0 Å². The van der Waals surface area contributed by atoms with Crippen LogP contribution in [-0.2, 0) is 0 Å². The van der Waals surface area contributed by atoms with Crippen LogP contribution in [-0.4, -0.2) is 30.8 Å². The number of hydrazone groups is 1. The first kappa shape index (κ1) is 19.0. The maximum absolute atomic E-state index is 7.72. The molecule has 7 heteroatoms. The summed E-state index contributed by atoms with van der Waals surface area (Å²) < 4.78 is 5.24. The normalized spacial score (nSPS) is 10.5. The molecule has 1 aromatic heterocycles. The highest BCUT2D eigenvalue weighted by atomic mass is 79.9. The van der Waals surface area contributed by atoms with E-state index in [9.17, 15) is 0 Å². The molecule has 2 aromatic rings. The van der Waals surface area contributed by atoms with Crippen LogP contribution >= 0.6 is 17.0 Å². The third kappa shape index (κ3) is 5.59. The molecule has 0 spiro atoms. The minimum Gasteiger partial charge on any atom is -0.497 e. The van der Waals surface area contributed by atoms with Crippen LogP contribution < -0.4 is 15.5 Å². The van der Waals surface area contributed by atoms with E-state index in [4.69, 9.17) is 10.1 Å². The van der Waals surface area contributed by atoms with E-state index in [0.29, 0.717) is 0 Å². The average Bonchev–Trinajstić information content (AvgIpc) is 2.94. The molecule has 0 saturated heterocycles. The number of fused-ring (bicyclic) bond motifs is 1. The number of guanidine groups is 1. The van der Waals surface area contributed by atoms with Crippen molar-refractivity contribution in [2.45, 2.75) is 26.2 Å². The Morgan fingerprint density at radius 3 is 2.96 bits per heavy atom. The van der Waals surface area contributed by atoms with Gasteiger partial charge in [-0.3, -0.25) is 5.41 Å². The van der Waals surface area contributed by atoms with Gasteiger partial charge in [0.2, 0.25) is 5.96 Å². The standard InChI is InChI=1S/C16H23N5O.BrH/c1-3-4-5-8-18-16(17)21-20-11-12-10-19-15-7-6-13(22-2)9-14(12)15;/h6-7,9-11,19H,3-5,8H2,1-2H3,(H3,17,18,21);1H. The predicted molar refractivity (Wildman–Crippen MR) is 101 cm³/mol. The Morgan fingerprint density at radius 2 is 2.22 bits per heavy atom. The van der Waals surface area contributed by atoms with Gasteiger partial charge in [-0.15, -0.1) is 17.0 Å². The Hall–Kier alpha value is -2.02. The summed E-state index contributed by atoms with van der Waals surface area (Å²) in [7, 11) is 1.65. The fourth-order valence-electron chi connectivity index (χ4n) is 2.15. The van der Waals surface area contributed by atoms with Crippen molar-refractivity contribution in [3.63, 3.8) is 0 Å². The van der Waals surface area contributed by atoms with Crippen molar-refractivity contribution in [1.29, 1.82) is 5.41 Å². The number of aromatic amines is 1. The second-order valence-electron chi connectivity index (χ2n) is 5.03. The Labute approximate surface area is 147 Å². The molecule has 0 bridgehead atoms. The summed E-state index contributed by atoms with van der Waals surface area (Å²) in [5.74, 6) is 1.02. The molecule has 4 N–H and O–H groups in total. The highest BCUT2D eigenvalue weighted by molar-refractivity contribution is 8.93. The maximum Gasteiger partial charge on any atom is 0.209 e. The summed E-state index contributed by atoms with van der Waals surface area (Å²) in [5, 5.41) is 15.8. The van der Waals surface area contributed by atoms with E-state index in [-0.39, 0.29) is 22.9 Å². The van der Waals surface area contributed by atoms with Gasteiger partial charge in [-0.2, -0.15) is 5.10 Å². The van der Waals surface area contributed by atoms with Crippen LogP contribution in [0.1, 0.15) is 31.7 Å². The highest BCUT2D eigenvalue weighted by Gasteiger charge is 2.03. The lowest BCUT2D eigenvalue weighted by Crippen LogP contribution is -2.33. The minimum atomic E-state index is 0. The number of hydrogen-bond acceptors (Lipinski definition) is 3. The molecule has 6 nitrogen and oxygen atoms in total. The molecule has 0 atom stereocenters. The quantitative estimate of drug-likeness (QED) is 0.256. The lowest BCUT2D eigenvalue weighted by atomic mass is 10.2. The van der Waals surface area contributed by atoms with Crippen molar-refractivity contribution in [3.8, 4) is 5.75 Å². The van der Waals surface area contributed by atoms with Crippen LogP contribution in [0.25, 0.3) is 10.9 Å². The summed E-state index contributed by atoms with van der Waals surface area (Å²) in [6, 6.07) is 5.84. The van der Waals surface area contributed by atoms with Crippen molar-refractivity contribution < 1.29 is 4.74 Å². The van der Waals surface area contributed by atoms with E-state index in [0.717, 1.165) is 35.2 Å². The Bertz CT molecular complexity index is 653. The highest BCUT2D eigenvalue weighted by Crippen LogP contribution is 2.22. The van der Waals surface area contributed by atoms with Crippen molar-refractivity contribution in [1.82, 2.24) is 15.7 Å². The van der Waals surface area contributed by atoms with Crippen LogP contribution in [0.2, 0.25) is 0 Å². The zero-order valence-electron chi connectivity index (χ0n) is 13.5. The van der Waals surface area contributed by atoms with Crippen molar-refractivity contribution in [3.05, 3.63) is 30.0 Å². The largest absolute Gasteiger partial charge is 0.497 e. The number of nitrogens with zero attached hydrogens (tertiary/aromatic N) is 1. The number of rotatable bonds is 7. The monoisotopic (exact) mass is 381 g/mol. The van der Waals surface area contributed by atoms with E-state index in [2.05, 4.69) is 27.8 Å². The first-order chi connectivity index (χ1) is 10.7. The molecule has 2 rings (SSSR count). The van der Waals surface area contributed by atoms with Crippen LogP contribution in [0, 0.1) is 5.41 Å². The molecule has 0 radical (unpaired) electrons. The SMILES string of the molecule is Br.CCCCCNC(=N)NN=Cc1c[nH]c2ccc(OC)cc12. The molecule has 0 amide bonds. The number of aromatic nitrogens is 1. The number of unbranched alkanes of at least 4 members (excludes halogenated alkanes) is 2. The van der Waals surface area contributed by atoms with Crippen molar-refractivity contribution in [2.75, 3.05) is 13.7 Å². The van der Waals surface area contributed by atoms with Gasteiger partial charge in [-0.1, -0.05) is 19.8 Å². The molecular weight excluding hydrogens is 358 g/mol. The lowest BCUT2D eigenvalue weighted by Gasteiger charge is -2.05. The molecule has 0 aliphatic rings. The average molecular weight is 382 g/mol. The summed E-state index contributed by atoms with van der Waals surface area (Å²) in [5.41, 5.74) is 4.66. The van der Waals surface area contributed by atoms with Gasteiger partial charge in [-0.05, 0) is 24.6 Å². The second-order valence-corrected chi connectivity index (χ2v) is 5.03. The summed E-state index contributed by atoms with van der Waals surface area (Å²) >= 11 is 0. The van der Waals surface area contributed by atoms with Crippen LogP contribution in [0.5, 0.6) is 5.75 Å². The van der Waals surface area contributed by atoms with E-state index in [1.807, 2.05) is 24.4 Å². The van der Waals surface area contributed by atoms with Crippen LogP contribution in [0.4, 0.5) is 0 Å². The molecule has 0 unspecified atom stereocenters. The van der Waals surface area contributed by atoms with E-state index < -0.39 is 0 Å². The topological polar surface area (TPSA) is 85.3 Å². The number of ether oxygens (including phenoxy) is 1. The second kappa shape index (κ2) is 9.89. The molecule has 23 heavy (non-hydrogen) atoms. The molecule has 0 aliphatic heterocycles. The van der Waals surface area contributed by atoms with E-state index >= 15 is 0 Å². The number of halogens is 1. The van der Waals surface area contributed by atoms with Gasteiger partial charge in [-0.25, -0.2) is 5.43 Å². The molecule has 126 valence electrons. The summed E-state index contributed by atoms with van der Waals surface area (Å²) in [6.07, 6.45) is 6.98. The Kier molecular flexibility index (Phi) is 8.18. The molecule has 0 fully saturated rings. The Balaban J connectivity index is 0.00000264. The zero-order valence-corrected chi connectivity index (χ0v) is 15.2. The molecule has 0 aliphatic carbocycles. The lowest BCUT2D eigenvalue weighted by molar-refractivity contribution is 0.415. The van der Waals surface area contributed by atoms with Gasteiger partial charge in [0.1, 0.15) is 5.75 Å². The van der Waals surface area contributed by atoms with Gasteiger partial charge in [0.05, 0.1) is 13.3 Å². The molecular formula is C16H24BrN5O. The number of H-pyrrole nitrogens is 1. The third-order valence-corrected chi connectivity index (χ3v) is 3.38. The Morgan fingerprint density at radius 1 is 1.39 bits per heavy atom. The van der Waals surface area contributed by atoms with E-state index in [1.54, 1.807) is 13.3 Å². The van der Waals surface area contributed by atoms with Gasteiger partial charge >= 0.3 is 0 Å². The first-order valence-corrected chi connectivity index (χ1v) is 7.51. The number of nitrogens with one attached hydrogen (secondary N) is 4. The fourth-order valence-corrected chi connectivity index (χ4v) is 2.15. The van der Waals surface area contributed by atoms with Gasteiger partial charge < -0.3 is 15.0 Å². The summed E-state index contributed by atoms with van der Waals surface area (Å²) in [6.45, 7) is 2.95. The summed E-state index contributed by atoms with van der Waals surface area (Å²) in [4.78, 5) is 3.18. The van der Waals surface area contributed by atoms with Gasteiger partial charge in [0, 0.05) is 29.2 Å². The van der Waals surface area contributed by atoms with Crippen LogP contribution in [0.15, 0.2) is 29.5 Å².